The smallest absolute Gasteiger partial charge is 0.417 e. The first kappa shape index (κ1) is 36.0. The lowest BCUT2D eigenvalue weighted by molar-refractivity contribution is -0.163. The number of nitrogens with zero attached hydrogens (tertiary/aromatic N) is 1. The average Bonchev–Trinajstić information content (AvgIpc) is 3.00. The van der Waals surface area contributed by atoms with E-state index in [1.165, 1.54) is 18.2 Å². The van der Waals surface area contributed by atoms with Crippen LogP contribution in [-0.2, 0) is 22.3 Å². The predicted molar refractivity (Wildman–Crippen MR) is 189 cm³/mol. The van der Waals surface area contributed by atoms with Crippen LogP contribution >= 0.6 is 22.6 Å². The zero-order valence-corrected chi connectivity index (χ0v) is 29.4. The van der Waals surface area contributed by atoms with Crippen molar-refractivity contribution in [3.8, 4) is 16.9 Å². The van der Waals surface area contributed by atoms with E-state index < -0.39 is 23.4 Å². The molecule has 1 saturated heterocycles. The normalized spacial score (nSPS) is 16.1. The highest BCUT2D eigenvalue weighted by Crippen LogP contribution is 2.38. The van der Waals surface area contributed by atoms with Crippen LogP contribution in [0.3, 0.4) is 0 Å². The van der Waals surface area contributed by atoms with Gasteiger partial charge in [-0.2, -0.15) is 13.2 Å². The first-order valence-electron chi connectivity index (χ1n) is 16.1. The Balaban J connectivity index is 1.71. The Morgan fingerprint density at radius 2 is 1.70 bits per heavy atom. The fourth-order valence-corrected chi connectivity index (χ4v) is 6.36. The van der Waals surface area contributed by atoms with Gasteiger partial charge in [0.05, 0.1) is 12.2 Å². The lowest BCUT2D eigenvalue weighted by Gasteiger charge is -2.36. The van der Waals surface area contributed by atoms with E-state index in [2.05, 4.69) is 22.6 Å². The predicted octanol–water partition coefficient (Wildman–Crippen LogP) is 10.5. The number of esters is 1. The van der Waals surface area contributed by atoms with Gasteiger partial charge in [-0.3, -0.25) is 9.69 Å². The molecule has 46 heavy (non-hydrogen) atoms. The number of alkyl halides is 4. The van der Waals surface area contributed by atoms with Gasteiger partial charge in [0.15, 0.2) is 0 Å². The second kappa shape index (κ2) is 16.3. The van der Waals surface area contributed by atoms with Crippen molar-refractivity contribution < 1.29 is 27.4 Å². The van der Waals surface area contributed by atoms with Crippen molar-refractivity contribution >= 4 is 40.7 Å². The van der Waals surface area contributed by atoms with Crippen LogP contribution in [0.15, 0.2) is 60.7 Å². The van der Waals surface area contributed by atoms with Gasteiger partial charge in [-0.15, -0.1) is 0 Å². The van der Waals surface area contributed by atoms with Crippen molar-refractivity contribution in [2.75, 3.05) is 17.6 Å². The molecule has 0 unspecified atom stereocenters. The van der Waals surface area contributed by atoms with Crippen molar-refractivity contribution in [3.05, 3.63) is 88.5 Å². The SMILES string of the molecule is Cc1c(/C=C/c2cc(OCCCCCI)c(CN3CCCC[C@H]3C(=O)OC(C)(C)C)cc2C(F)(F)F)cccc1-c1ccccc1. The van der Waals surface area contributed by atoms with Crippen molar-refractivity contribution in [2.24, 2.45) is 0 Å². The number of carbonyl (C=O) groups is 1. The average molecular weight is 748 g/mol. The Labute approximate surface area is 285 Å². The van der Waals surface area contributed by atoms with Gasteiger partial charge in [0, 0.05) is 12.1 Å². The first-order chi connectivity index (χ1) is 21.9. The molecule has 0 aromatic heterocycles. The lowest BCUT2D eigenvalue weighted by atomic mass is 9.95. The molecule has 4 rings (SSSR count). The number of hydrogen-bond donors (Lipinski definition) is 0. The van der Waals surface area contributed by atoms with Crippen LogP contribution in [-0.4, -0.2) is 40.1 Å². The summed E-state index contributed by atoms with van der Waals surface area (Å²) in [5, 5.41) is 0. The minimum Gasteiger partial charge on any atom is -0.493 e. The maximum Gasteiger partial charge on any atom is 0.417 e. The van der Waals surface area contributed by atoms with E-state index in [0.29, 0.717) is 30.9 Å². The Kier molecular flexibility index (Phi) is 12.8. The zero-order chi connectivity index (χ0) is 33.3. The van der Waals surface area contributed by atoms with Crippen LogP contribution in [0.2, 0.25) is 0 Å². The quantitative estimate of drug-likeness (QED) is 0.0608. The topological polar surface area (TPSA) is 38.8 Å². The molecule has 8 heteroatoms. The van der Waals surface area contributed by atoms with E-state index in [9.17, 15) is 18.0 Å². The van der Waals surface area contributed by atoms with E-state index >= 15 is 0 Å². The summed E-state index contributed by atoms with van der Waals surface area (Å²) < 4.78 is 56.9. The number of rotatable bonds is 12. The summed E-state index contributed by atoms with van der Waals surface area (Å²) in [5.74, 6) is 0.0857. The molecule has 1 atom stereocenters. The molecule has 248 valence electrons. The van der Waals surface area contributed by atoms with Crippen molar-refractivity contribution in [1.29, 1.82) is 0 Å². The monoisotopic (exact) mass is 747 g/mol. The lowest BCUT2D eigenvalue weighted by Crippen LogP contribution is -2.46. The molecule has 1 heterocycles. The van der Waals surface area contributed by atoms with Crippen molar-refractivity contribution in [3.63, 3.8) is 0 Å². The summed E-state index contributed by atoms with van der Waals surface area (Å²) in [7, 11) is 0. The number of unbranched alkanes of at least 4 members (excludes halogenated alkanes) is 2. The molecule has 0 bridgehead atoms. The van der Waals surface area contributed by atoms with Gasteiger partial charge < -0.3 is 9.47 Å². The highest BCUT2D eigenvalue weighted by atomic mass is 127. The molecule has 3 aromatic carbocycles. The molecular weight excluding hydrogens is 702 g/mol. The molecule has 0 aliphatic carbocycles. The number of likely N-dealkylation sites (tertiary alicyclic amines) is 1. The van der Waals surface area contributed by atoms with Gasteiger partial charge in [-0.05, 0) is 111 Å². The van der Waals surface area contributed by atoms with Gasteiger partial charge in [0.2, 0.25) is 0 Å². The third-order valence-electron chi connectivity index (χ3n) is 8.14. The molecule has 0 saturated carbocycles. The molecule has 4 nitrogen and oxygen atoms in total. The van der Waals surface area contributed by atoms with Crippen LogP contribution in [0, 0.1) is 6.92 Å². The van der Waals surface area contributed by atoms with E-state index in [1.54, 1.807) is 6.08 Å². The third-order valence-corrected chi connectivity index (χ3v) is 8.91. The molecular formula is C38H45F3INO3. The number of ether oxygens (including phenoxy) is 2. The molecule has 0 spiro atoms. The molecule has 1 fully saturated rings. The fraction of sp³-hybridized carbons (Fsp3) is 0.447. The Hall–Kier alpha value is -2.85. The molecule has 1 aliphatic heterocycles. The number of benzene rings is 3. The van der Waals surface area contributed by atoms with Crippen LogP contribution in [0.25, 0.3) is 23.3 Å². The summed E-state index contributed by atoms with van der Waals surface area (Å²) in [6, 6.07) is 18.0. The Morgan fingerprint density at radius 1 is 0.957 bits per heavy atom. The fourth-order valence-electron chi connectivity index (χ4n) is 5.82. The van der Waals surface area contributed by atoms with E-state index in [-0.39, 0.29) is 18.1 Å². The van der Waals surface area contributed by atoms with Crippen molar-refractivity contribution in [1.82, 2.24) is 4.90 Å². The van der Waals surface area contributed by atoms with Crippen LogP contribution < -0.4 is 4.74 Å². The Morgan fingerprint density at radius 3 is 2.39 bits per heavy atom. The van der Waals surface area contributed by atoms with E-state index in [1.807, 2.05) is 81.1 Å². The highest BCUT2D eigenvalue weighted by Gasteiger charge is 2.36. The standard InChI is InChI=1S/C38H45F3INO3/c1-27-28(16-13-17-32(27)29-14-7-5-8-15-29)19-20-30-25-35(45-23-12-6-10-21-42)31(24-33(30)38(39,40)41)26-43-22-11-9-18-34(43)36(44)46-37(2,3)4/h5,7-8,13-17,19-20,24-25,34H,6,9-12,18,21-23,26H2,1-4H3/b20-19+/t34-/m0/s1. The van der Waals surface area contributed by atoms with Crippen LogP contribution in [0.1, 0.15) is 87.1 Å². The largest absolute Gasteiger partial charge is 0.493 e. The second-order valence-electron chi connectivity index (χ2n) is 12.9. The van der Waals surface area contributed by atoms with Gasteiger partial charge >= 0.3 is 12.1 Å². The molecule has 1 aliphatic rings. The molecule has 0 N–H and O–H groups in total. The molecule has 3 aromatic rings. The summed E-state index contributed by atoms with van der Waals surface area (Å²) in [6.45, 7) is 8.62. The minimum absolute atomic E-state index is 0.0466. The number of piperidine rings is 1. The maximum absolute atomic E-state index is 14.6. The van der Waals surface area contributed by atoms with E-state index in [4.69, 9.17) is 9.47 Å². The second-order valence-corrected chi connectivity index (χ2v) is 14.0. The molecule has 0 radical (unpaired) electrons. The number of carbonyl (C=O) groups excluding carboxylic acids is 1. The van der Waals surface area contributed by atoms with Gasteiger partial charge in [0.25, 0.3) is 0 Å². The van der Waals surface area contributed by atoms with Crippen molar-refractivity contribution in [2.45, 2.75) is 90.6 Å². The summed E-state index contributed by atoms with van der Waals surface area (Å²) >= 11 is 2.34. The number of hydrogen-bond acceptors (Lipinski definition) is 4. The van der Waals surface area contributed by atoms with Gasteiger partial charge in [-0.1, -0.05) is 89.7 Å². The summed E-state index contributed by atoms with van der Waals surface area (Å²) in [5.41, 5.74) is 3.01. The van der Waals surface area contributed by atoms with Crippen LogP contribution in [0.4, 0.5) is 13.2 Å². The summed E-state index contributed by atoms with van der Waals surface area (Å²) in [4.78, 5) is 15.1. The maximum atomic E-state index is 14.6. The Bertz CT molecular complexity index is 1480. The number of halogens is 4. The molecule has 0 amide bonds. The van der Waals surface area contributed by atoms with E-state index in [0.717, 1.165) is 58.8 Å². The van der Waals surface area contributed by atoms with Gasteiger partial charge in [0.1, 0.15) is 17.4 Å². The highest BCUT2D eigenvalue weighted by molar-refractivity contribution is 14.1. The third kappa shape index (κ3) is 10.1. The summed E-state index contributed by atoms with van der Waals surface area (Å²) in [6.07, 6.45) is 3.89. The minimum atomic E-state index is -4.58. The van der Waals surface area contributed by atoms with Gasteiger partial charge in [-0.25, -0.2) is 0 Å². The first-order valence-corrected chi connectivity index (χ1v) is 17.6. The zero-order valence-electron chi connectivity index (χ0n) is 27.3. The van der Waals surface area contributed by atoms with Crippen LogP contribution in [0.5, 0.6) is 5.75 Å².